The maximum atomic E-state index is 4.97. The predicted octanol–water partition coefficient (Wildman–Crippen LogP) is 10.9. The van der Waals surface area contributed by atoms with Crippen LogP contribution in [0, 0.1) is 0 Å². The van der Waals surface area contributed by atoms with E-state index >= 15 is 0 Å². The first-order valence-corrected chi connectivity index (χ1v) is 17.3. The Morgan fingerprint density at radius 1 is 0.440 bits per heavy atom. The van der Waals surface area contributed by atoms with E-state index in [1.165, 1.54) is 39.0 Å². The first-order chi connectivity index (χ1) is 24.6. The average molecular weight is 642 g/mol. The number of aromatic nitrogens is 3. The summed E-state index contributed by atoms with van der Waals surface area (Å²) in [5, 5.41) is 0. The lowest BCUT2D eigenvalue weighted by atomic mass is 9.61. The maximum Gasteiger partial charge on any atom is 0.164 e. The Bertz CT molecular complexity index is 2280. The second-order valence-corrected chi connectivity index (χ2v) is 13.5. The molecular weight excluding hydrogens is 607 g/mol. The highest BCUT2D eigenvalue weighted by molar-refractivity contribution is 5.91. The van der Waals surface area contributed by atoms with E-state index in [0.29, 0.717) is 17.5 Å². The minimum atomic E-state index is -0.382. The van der Waals surface area contributed by atoms with E-state index in [0.717, 1.165) is 23.1 Å². The summed E-state index contributed by atoms with van der Waals surface area (Å²) in [5.41, 5.74) is 11.6. The molecule has 3 nitrogen and oxygen atoms in total. The smallest absolute Gasteiger partial charge is 0.164 e. The van der Waals surface area contributed by atoms with Gasteiger partial charge in [0.2, 0.25) is 0 Å². The molecule has 238 valence electrons. The monoisotopic (exact) mass is 641 g/mol. The van der Waals surface area contributed by atoms with Gasteiger partial charge in [-0.25, -0.2) is 15.0 Å². The Hall–Kier alpha value is -6.19. The molecule has 0 N–H and O–H groups in total. The number of hydrogen-bond donors (Lipinski definition) is 0. The van der Waals surface area contributed by atoms with Gasteiger partial charge in [-0.1, -0.05) is 189 Å². The molecule has 0 bridgehead atoms. The molecule has 0 aliphatic heterocycles. The van der Waals surface area contributed by atoms with Crippen LogP contribution in [-0.4, -0.2) is 15.0 Å². The van der Waals surface area contributed by atoms with E-state index in [9.17, 15) is 0 Å². The zero-order valence-electron chi connectivity index (χ0n) is 27.9. The minimum absolute atomic E-state index is 0.224. The van der Waals surface area contributed by atoms with Crippen molar-refractivity contribution in [3.63, 3.8) is 0 Å². The molecule has 7 aromatic rings. The topological polar surface area (TPSA) is 38.7 Å². The lowest BCUT2D eigenvalue weighted by Gasteiger charge is -2.40. The molecule has 3 heteroatoms. The summed E-state index contributed by atoms with van der Waals surface area (Å²) in [6.45, 7) is 2.37. The molecule has 2 aliphatic rings. The highest BCUT2D eigenvalue weighted by atomic mass is 15.0. The molecule has 2 aliphatic carbocycles. The summed E-state index contributed by atoms with van der Waals surface area (Å²) < 4.78 is 0. The van der Waals surface area contributed by atoms with Crippen LogP contribution in [0.5, 0.6) is 0 Å². The summed E-state index contributed by atoms with van der Waals surface area (Å²) in [7, 11) is 0. The SMILES string of the molecule is CC1(c2ccc(-c3nc(-c4ccccc4)nc(-c4ccccc4)n3)cc2)C=CC2=C(C1)C(c1ccccc1)(c1ccccc1)c1ccccc12. The van der Waals surface area contributed by atoms with Crippen LogP contribution < -0.4 is 0 Å². The van der Waals surface area contributed by atoms with Gasteiger partial charge in [-0.15, -0.1) is 0 Å². The number of hydrogen-bond acceptors (Lipinski definition) is 3. The van der Waals surface area contributed by atoms with Gasteiger partial charge in [-0.3, -0.25) is 0 Å². The number of nitrogens with zero attached hydrogens (tertiary/aromatic N) is 3. The van der Waals surface area contributed by atoms with E-state index < -0.39 is 0 Å². The maximum absolute atomic E-state index is 4.97. The van der Waals surface area contributed by atoms with Crippen LogP contribution in [0.25, 0.3) is 39.7 Å². The second kappa shape index (κ2) is 12.0. The van der Waals surface area contributed by atoms with Crippen LogP contribution >= 0.6 is 0 Å². The fraction of sp³-hybridized carbons (Fsp3) is 0.0851. The Morgan fingerprint density at radius 2 is 0.880 bits per heavy atom. The molecule has 0 saturated heterocycles. The van der Waals surface area contributed by atoms with Crippen LogP contribution in [-0.2, 0) is 10.8 Å². The summed E-state index contributed by atoms with van der Waals surface area (Å²) in [6.07, 6.45) is 5.68. The Morgan fingerprint density at radius 3 is 1.40 bits per heavy atom. The number of allylic oxidation sites excluding steroid dienone is 4. The van der Waals surface area contributed by atoms with Gasteiger partial charge < -0.3 is 0 Å². The fourth-order valence-electron chi connectivity index (χ4n) is 8.02. The van der Waals surface area contributed by atoms with Crippen molar-refractivity contribution >= 4 is 5.57 Å². The highest BCUT2D eigenvalue weighted by Gasteiger charge is 2.50. The first-order valence-electron chi connectivity index (χ1n) is 17.3. The molecule has 1 unspecified atom stereocenters. The van der Waals surface area contributed by atoms with Crippen LogP contribution in [0.2, 0.25) is 0 Å². The van der Waals surface area contributed by atoms with Crippen molar-refractivity contribution in [3.05, 3.63) is 215 Å². The lowest BCUT2D eigenvalue weighted by molar-refractivity contribution is 0.543. The average Bonchev–Trinajstić information content (AvgIpc) is 3.49. The molecule has 0 fully saturated rings. The summed E-state index contributed by atoms with van der Waals surface area (Å²) in [4.78, 5) is 14.8. The van der Waals surface area contributed by atoms with Crippen LogP contribution in [0.15, 0.2) is 188 Å². The summed E-state index contributed by atoms with van der Waals surface area (Å²) in [6, 6.07) is 60.2. The van der Waals surface area contributed by atoms with Crippen LogP contribution in [0.3, 0.4) is 0 Å². The van der Waals surface area contributed by atoms with Crippen LogP contribution in [0.4, 0.5) is 0 Å². The quantitative estimate of drug-likeness (QED) is 0.181. The highest BCUT2D eigenvalue weighted by Crippen LogP contribution is 2.59. The van der Waals surface area contributed by atoms with E-state index in [2.05, 4.69) is 128 Å². The predicted molar refractivity (Wildman–Crippen MR) is 203 cm³/mol. The largest absolute Gasteiger partial charge is 0.208 e. The van der Waals surface area contributed by atoms with Crippen molar-refractivity contribution in [1.82, 2.24) is 15.0 Å². The Balaban J connectivity index is 1.13. The number of fused-ring (bicyclic) bond motifs is 2. The van der Waals surface area contributed by atoms with E-state index in [-0.39, 0.29) is 10.8 Å². The molecule has 0 saturated carbocycles. The van der Waals surface area contributed by atoms with Crippen molar-refractivity contribution in [2.24, 2.45) is 0 Å². The minimum Gasteiger partial charge on any atom is -0.208 e. The fourth-order valence-corrected chi connectivity index (χ4v) is 8.02. The van der Waals surface area contributed by atoms with Gasteiger partial charge in [-0.05, 0) is 45.4 Å². The van der Waals surface area contributed by atoms with E-state index in [1.54, 1.807) is 0 Å². The molecule has 0 spiro atoms. The zero-order valence-corrected chi connectivity index (χ0v) is 27.9. The van der Waals surface area contributed by atoms with Crippen molar-refractivity contribution in [3.8, 4) is 34.2 Å². The standard InChI is InChI=1S/C47H35N3/c1-46(36-28-26-35(27-29-36)45-49-43(33-16-6-2-7-17-33)48-44(50-45)34-18-8-3-9-19-34)31-30-40-39-24-14-15-25-41(39)47(42(40)32-46,37-20-10-4-11-21-37)38-22-12-5-13-23-38/h2-31H,32H2,1H3. The van der Waals surface area contributed by atoms with Gasteiger partial charge in [0, 0.05) is 22.1 Å². The lowest BCUT2D eigenvalue weighted by Crippen LogP contribution is -2.34. The summed E-state index contributed by atoms with van der Waals surface area (Å²) in [5.74, 6) is 2.00. The van der Waals surface area contributed by atoms with Crippen molar-refractivity contribution in [1.29, 1.82) is 0 Å². The molecule has 9 rings (SSSR count). The molecule has 6 aromatic carbocycles. The van der Waals surface area contributed by atoms with Crippen molar-refractivity contribution in [2.75, 3.05) is 0 Å². The normalized spacial score (nSPS) is 17.3. The number of benzene rings is 6. The molecule has 1 aromatic heterocycles. The molecule has 0 amide bonds. The molecule has 0 radical (unpaired) electrons. The third-order valence-electron chi connectivity index (χ3n) is 10.5. The number of rotatable bonds is 6. The van der Waals surface area contributed by atoms with Gasteiger partial charge in [0.05, 0.1) is 5.41 Å². The van der Waals surface area contributed by atoms with Crippen molar-refractivity contribution < 1.29 is 0 Å². The van der Waals surface area contributed by atoms with Crippen molar-refractivity contribution in [2.45, 2.75) is 24.2 Å². The zero-order chi connectivity index (χ0) is 33.5. The molecule has 50 heavy (non-hydrogen) atoms. The van der Waals surface area contributed by atoms with Gasteiger partial charge >= 0.3 is 0 Å². The van der Waals surface area contributed by atoms with Gasteiger partial charge in [0.25, 0.3) is 0 Å². The second-order valence-electron chi connectivity index (χ2n) is 13.5. The third-order valence-corrected chi connectivity index (χ3v) is 10.5. The molecular formula is C47H35N3. The first kappa shape index (κ1) is 29.9. The van der Waals surface area contributed by atoms with Gasteiger partial charge in [0.1, 0.15) is 0 Å². The third kappa shape index (κ3) is 4.85. The van der Waals surface area contributed by atoms with E-state index in [4.69, 9.17) is 15.0 Å². The van der Waals surface area contributed by atoms with Crippen LogP contribution in [0.1, 0.15) is 41.2 Å². The summed E-state index contributed by atoms with van der Waals surface area (Å²) >= 11 is 0. The Kier molecular flexibility index (Phi) is 7.21. The Labute approximate surface area is 293 Å². The van der Waals surface area contributed by atoms with E-state index in [1.807, 2.05) is 60.7 Å². The molecule has 1 heterocycles. The molecule has 1 atom stereocenters. The van der Waals surface area contributed by atoms with Gasteiger partial charge in [-0.2, -0.15) is 0 Å². The van der Waals surface area contributed by atoms with Gasteiger partial charge in [0.15, 0.2) is 17.5 Å².